The highest BCUT2D eigenvalue weighted by Crippen LogP contribution is 2.30. The Kier molecular flexibility index (Phi) is 2.94. The second kappa shape index (κ2) is 4.23. The summed E-state index contributed by atoms with van der Waals surface area (Å²) in [5.74, 6) is -0.950. The van der Waals surface area contributed by atoms with Crippen LogP contribution in [0.1, 0.15) is 17.2 Å². The molecule has 2 atom stereocenters. The number of carboxylic acid groups (broad SMARTS) is 1. The highest BCUT2D eigenvalue weighted by Gasteiger charge is 2.33. The topological polar surface area (TPSA) is 66.6 Å². The lowest BCUT2D eigenvalue weighted by Gasteiger charge is -2.36. The zero-order valence-electron chi connectivity index (χ0n) is 9.26. The van der Waals surface area contributed by atoms with Gasteiger partial charge in [-0.2, -0.15) is 0 Å². The summed E-state index contributed by atoms with van der Waals surface area (Å²) in [5.41, 5.74) is 8.01. The second-order valence-electron chi connectivity index (χ2n) is 4.24. The summed E-state index contributed by atoms with van der Waals surface area (Å²) in [6.07, 6.45) is 0.954. The van der Waals surface area contributed by atoms with E-state index < -0.39 is 12.0 Å². The minimum Gasteiger partial charge on any atom is -0.480 e. The Morgan fingerprint density at radius 2 is 2.25 bits per heavy atom. The van der Waals surface area contributed by atoms with Crippen LogP contribution < -0.4 is 5.73 Å². The van der Waals surface area contributed by atoms with Crippen molar-refractivity contribution in [2.75, 3.05) is 13.6 Å². The van der Waals surface area contributed by atoms with Gasteiger partial charge in [0.15, 0.2) is 0 Å². The zero-order chi connectivity index (χ0) is 11.7. The summed E-state index contributed by atoms with van der Waals surface area (Å²) in [6.45, 7) is 0.850. The number of nitrogens with zero attached hydrogens (tertiary/aromatic N) is 1. The summed E-state index contributed by atoms with van der Waals surface area (Å²) < 4.78 is 0. The molecule has 3 N–H and O–H groups in total. The largest absolute Gasteiger partial charge is 0.480 e. The number of hydrogen-bond acceptors (Lipinski definition) is 3. The number of nitrogens with two attached hydrogens (primary N) is 1. The molecule has 4 nitrogen and oxygen atoms in total. The summed E-state index contributed by atoms with van der Waals surface area (Å²) in [4.78, 5) is 13.0. The Hall–Kier alpha value is -1.39. The third-order valence-electron chi connectivity index (χ3n) is 3.21. The minimum atomic E-state index is -0.950. The van der Waals surface area contributed by atoms with E-state index in [1.165, 1.54) is 5.56 Å². The molecular weight excluding hydrogens is 204 g/mol. The number of likely N-dealkylation sites (N-methyl/N-ethyl adjacent to an activating group) is 1. The maximum atomic E-state index is 11.0. The lowest BCUT2D eigenvalue weighted by molar-refractivity contribution is -0.140. The lowest BCUT2D eigenvalue weighted by atomic mass is 9.89. The molecule has 0 aromatic heterocycles. The molecular formula is C12H16N2O2. The van der Waals surface area contributed by atoms with Gasteiger partial charge in [-0.25, -0.2) is 0 Å². The molecule has 4 heteroatoms. The van der Waals surface area contributed by atoms with Gasteiger partial charge in [-0.05, 0) is 24.6 Å². The molecule has 0 spiro atoms. The van der Waals surface area contributed by atoms with Crippen molar-refractivity contribution < 1.29 is 9.90 Å². The molecule has 0 aliphatic carbocycles. The number of carboxylic acids is 1. The van der Waals surface area contributed by atoms with E-state index >= 15 is 0 Å². The molecule has 0 saturated heterocycles. The quantitative estimate of drug-likeness (QED) is 0.767. The first-order valence-corrected chi connectivity index (χ1v) is 5.37. The van der Waals surface area contributed by atoms with Crippen molar-refractivity contribution in [3.8, 4) is 0 Å². The van der Waals surface area contributed by atoms with E-state index in [-0.39, 0.29) is 6.04 Å². The highest BCUT2D eigenvalue weighted by atomic mass is 16.4. The van der Waals surface area contributed by atoms with Gasteiger partial charge in [-0.1, -0.05) is 24.3 Å². The number of hydrogen-bond donors (Lipinski definition) is 2. The summed E-state index contributed by atoms with van der Waals surface area (Å²) >= 11 is 0. The van der Waals surface area contributed by atoms with E-state index in [9.17, 15) is 4.79 Å². The molecule has 0 saturated carbocycles. The molecule has 1 aromatic rings. The van der Waals surface area contributed by atoms with Gasteiger partial charge in [-0.15, -0.1) is 0 Å². The number of aliphatic carboxylic acids is 1. The molecule has 0 fully saturated rings. The summed E-state index contributed by atoms with van der Waals surface area (Å²) in [5, 5.41) is 9.03. The third-order valence-corrected chi connectivity index (χ3v) is 3.21. The Bertz CT molecular complexity index is 406. The first-order valence-electron chi connectivity index (χ1n) is 5.37. The van der Waals surface area contributed by atoms with Crippen LogP contribution in [-0.2, 0) is 11.2 Å². The van der Waals surface area contributed by atoms with Gasteiger partial charge >= 0.3 is 5.97 Å². The second-order valence-corrected chi connectivity index (χ2v) is 4.24. The first kappa shape index (κ1) is 11.1. The first-order chi connectivity index (χ1) is 7.61. The van der Waals surface area contributed by atoms with Gasteiger partial charge in [0, 0.05) is 6.54 Å². The van der Waals surface area contributed by atoms with Crippen LogP contribution >= 0.6 is 0 Å². The standard InChI is InChI=1S/C12H16N2O2/c1-14-7-6-8-4-2-3-5-9(8)11(14)10(13)12(15)16/h2-5,10-11H,6-7,13H2,1H3,(H,15,16). The zero-order valence-corrected chi connectivity index (χ0v) is 9.26. The van der Waals surface area contributed by atoms with Crippen molar-refractivity contribution in [1.29, 1.82) is 0 Å². The average molecular weight is 220 g/mol. The molecule has 1 aliphatic rings. The van der Waals surface area contributed by atoms with E-state index in [1.54, 1.807) is 0 Å². The van der Waals surface area contributed by atoms with Gasteiger partial charge in [0.1, 0.15) is 6.04 Å². The molecule has 2 unspecified atom stereocenters. The van der Waals surface area contributed by atoms with E-state index in [4.69, 9.17) is 10.8 Å². The molecule has 2 rings (SSSR count). The smallest absolute Gasteiger partial charge is 0.322 e. The van der Waals surface area contributed by atoms with Crippen LogP contribution in [0.2, 0.25) is 0 Å². The molecule has 16 heavy (non-hydrogen) atoms. The van der Waals surface area contributed by atoms with Crippen molar-refractivity contribution in [3.05, 3.63) is 35.4 Å². The van der Waals surface area contributed by atoms with Gasteiger partial charge in [-0.3, -0.25) is 9.69 Å². The molecule has 1 heterocycles. The monoisotopic (exact) mass is 220 g/mol. The fraction of sp³-hybridized carbons (Fsp3) is 0.417. The average Bonchev–Trinajstić information content (AvgIpc) is 2.28. The van der Waals surface area contributed by atoms with Crippen LogP contribution in [0.4, 0.5) is 0 Å². The van der Waals surface area contributed by atoms with Crippen molar-refractivity contribution in [3.63, 3.8) is 0 Å². The molecule has 0 amide bonds. The number of rotatable bonds is 2. The minimum absolute atomic E-state index is 0.220. The van der Waals surface area contributed by atoms with Gasteiger partial charge in [0.05, 0.1) is 6.04 Å². The fourth-order valence-electron chi connectivity index (χ4n) is 2.33. The van der Waals surface area contributed by atoms with Gasteiger partial charge in [0.2, 0.25) is 0 Å². The van der Waals surface area contributed by atoms with Gasteiger partial charge < -0.3 is 10.8 Å². The maximum absolute atomic E-state index is 11.0. The van der Waals surface area contributed by atoms with E-state index in [2.05, 4.69) is 0 Å². The maximum Gasteiger partial charge on any atom is 0.322 e. The van der Waals surface area contributed by atoms with Crippen LogP contribution in [0, 0.1) is 0 Å². The highest BCUT2D eigenvalue weighted by molar-refractivity contribution is 5.74. The summed E-state index contributed by atoms with van der Waals surface area (Å²) in [7, 11) is 1.92. The van der Waals surface area contributed by atoms with Crippen LogP contribution in [0.25, 0.3) is 0 Å². The van der Waals surface area contributed by atoms with Crippen molar-refractivity contribution >= 4 is 5.97 Å². The lowest BCUT2D eigenvalue weighted by Crippen LogP contribution is -2.47. The Balaban J connectivity index is 2.40. The molecule has 0 radical (unpaired) electrons. The Morgan fingerprint density at radius 3 is 2.94 bits per heavy atom. The van der Waals surface area contributed by atoms with Crippen molar-refractivity contribution in [2.24, 2.45) is 5.73 Å². The fourth-order valence-corrected chi connectivity index (χ4v) is 2.33. The van der Waals surface area contributed by atoms with E-state index in [0.717, 1.165) is 18.5 Å². The van der Waals surface area contributed by atoms with Crippen LogP contribution in [0.3, 0.4) is 0 Å². The number of benzene rings is 1. The normalized spacial score (nSPS) is 22.5. The molecule has 86 valence electrons. The molecule has 1 aliphatic heterocycles. The predicted molar refractivity (Wildman–Crippen MR) is 61.1 cm³/mol. The predicted octanol–water partition coefficient (Wildman–Crippen LogP) is 0.628. The van der Waals surface area contributed by atoms with Crippen molar-refractivity contribution in [1.82, 2.24) is 4.90 Å². The van der Waals surface area contributed by atoms with E-state index in [0.29, 0.717) is 0 Å². The van der Waals surface area contributed by atoms with Crippen molar-refractivity contribution in [2.45, 2.75) is 18.5 Å². The Morgan fingerprint density at radius 1 is 1.56 bits per heavy atom. The molecule has 0 bridgehead atoms. The SMILES string of the molecule is CN1CCc2ccccc2C1C(N)C(=O)O. The van der Waals surface area contributed by atoms with Crippen LogP contribution in [-0.4, -0.2) is 35.6 Å². The number of fused-ring (bicyclic) bond motifs is 1. The van der Waals surface area contributed by atoms with E-state index in [1.807, 2.05) is 36.2 Å². The van der Waals surface area contributed by atoms with Gasteiger partial charge in [0.25, 0.3) is 0 Å². The number of carbonyl (C=O) groups is 1. The van der Waals surface area contributed by atoms with Crippen LogP contribution in [0.15, 0.2) is 24.3 Å². The van der Waals surface area contributed by atoms with Crippen LogP contribution in [0.5, 0.6) is 0 Å². The third kappa shape index (κ3) is 1.81. The Labute approximate surface area is 94.7 Å². The summed E-state index contributed by atoms with van der Waals surface area (Å²) in [6, 6.07) is 6.84. The molecule has 1 aromatic carbocycles.